The molecule has 0 aliphatic carbocycles. The Balaban J connectivity index is 1.58. The lowest BCUT2D eigenvalue weighted by Gasteiger charge is -2.08. The number of hydrogen-bond donors (Lipinski definition) is 0. The van der Waals surface area contributed by atoms with E-state index in [0.717, 1.165) is 16.7 Å². The quantitative estimate of drug-likeness (QED) is 0.480. The number of carbonyl (C=O) groups excluding carboxylic acids is 1. The second-order valence-corrected chi connectivity index (χ2v) is 6.68. The Morgan fingerprint density at radius 3 is 2.32 bits per heavy atom. The number of aryl methyl sites for hydroxylation is 2. The molecule has 0 fully saturated rings. The Labute approximate surface area is 166 Å². The molecule has 0 atom stereocenters. The zero-order valence-corrected chi connectivity index (χ0v) is 16.1. The third-order valence-corrected chi connectivity index (χ3v) is 4.74. The van der Waals surface area contributed by atoms with Crippen molar-refractivity contribution >= 4 is 28.6 Å². The molecule has 2 aromatic carbocycles. The lowest BCUT2D eigenvalue weighted by molar-refractivity contribution is 0.0466. The van der Waals surface area contributed by atoms with Gasteiger partial charge in [-0.1, -0.05) is 41.9 Å². The number of benzene rings is 2. The molecule has 0 amide bonds. The lowest BCUT2D eigenvalue weighted by atomic mass is 10.2. The van der Waals surface area contributed by atoms with Crippen molar-refractivity contribution in [2.75, 3.05) is 0 Å². The number of para-hydroxylation sites is 3. The molecule has 140 valence electrons. The highest BCUT2D eigenvalue weighted by molar-refractivity contribution is 6.33. The summed E-state index contributed by atoms with van der Waals surface area (Å²) in [5.41, 5.74) is 4.40. The number of aromatic nitrogens is 4. The van der Waals surface area contributed by atoms with Gasteiger partial charge >= 0.3 is 5.97 Å². The minimum absolute atomic E-state index is 0.00872. The fraction of sp³-hybridized carbons (Fsp3) is 0.143. The molecule has 2 heterocycles. The van der Waals surface area contributed by atoms with Crippen molar-refractivity contribution in [3.63, 3.8) is 0 Å². The van der Waals surface area contributed by atoms with Crippen molar-refractivity contribution in [2.24, 2.45) is 0 Å². The predicted molar refractivity (Wildman–Crippen MR) is 107 cm³/mol. The average molecular weight is 393 g/mol. The van der Waals surface area contributed by atoms with Crippen LogP contribution in [0.4, 0.5) is 0 Å². The van der Waals surface area contributed by atoms with Crippen molar-refractivity contribution in [2.45, 2.75) is 20.5 Å². The van der Waals surface area contributed by atoms with E-state index in [9.17, 15) is 4.79 Å². The first-order valence-corrected chi connectivity index (χ1v) is 9.12. The van der Waals surface area contributed by atoms with E-state index in [1.54, 1.807) is 6.92 Å². The van der Waals surface area contributed by atoms with E-state index in [0.29, 0.717) is 17.1 Å². The van der Waals surface area contributed by atoms with E-state index in [1.807, 2.05) is 61.5 Å². The number of ether oxygens (including phenoxy) is 1. The third-order valence-electron chi connectivity index (χ3n) is 4.39. The van der Waals surface area contributed by atoms with Crippen molar-refractivity contribution in [1.29, 1.82) is 0 Å². The molecule has 0 saturated carbocycles. The highest BCUT2D eigenvalue weighted by Crippen LogP contribution is 2.24. The van der Waals surface area contributed by atoms with Crippen LogP contribution in [-0.2, 0) is 11.3 Å². The SMILES string of the molecule is Cc1nc2ccccc2nc1COC(=O)c1c(C)nn(-c2ccccc2)c1Cl. The van der Waals surface area contributed by atoms with Crippen LogP contribution in [0.25, 0.3) is 16.7 Å². The Morgan fingerprint density at radius 1 is 0.964 bits per heavy atom. The summed E-state index contributed by atoms with van der Waals surface area (Å²) in [5, 5.41) is 4.59. The van der Waals surface area contributed by atoms with E-state index in [1.165, 1.54) is 4.68 Å². The second kappa shape index (κ2) is 7.40. The molecule has 28 heavy (non-hydrogen) atoms. The number of hydrogen-bond acceptors (Lipinski definition) is 5. The van der Waals surface area contributed by atoms with Gasteiger partial charge in [-0.2, -0.15) is 5.10 Å². The van der Waals surface area contributed by atoms with Gasteiger partial charge in [-0.15, -0.1) is 0 Å². The summed E-state index contributed by atoms with van der Waals surface area (Å²) in [5.74, 6) is -0.543. The number of fused-ring (bicyclic) bond motifs is 1. The van der Waals surface area contributed by atoms with Gasteiger partial charge in [0.05, 0.1) is 33.8 Å². The molecule has 0 aliphatic rings. The lowest BCUT2D eigenvalue weighted by Crippen LogP contribution is -2.09. The summed E-state index contributed by atoms with van der Waals surface area (Å²) < 4.78 is 7.00. The van der Waals surface area contributed by atoms with Crippen LogP contribution < -0.4 is 0 Å². The molecular weight excluding hydrogens is 376 g/mol. The van der Waals surface area contributed by atoms with Gasteiger partial charge in [0, 0.05) is 0 Å². The monoisotopic (exact) mass is 392 g/mol. The van der Waals surface area contributed by atoms with Crippen LogP contribution in [0.5, 0.6) is 0 Å². The third kappa shape index (κ3) is 3.34. The van der Waals surface area contributed by atoms with E-state index >= 15 is 0 Å². The van der Waals surface area contributed by atoms with Gasteiger partial charge in [0.15, 0.2) is 0 Å². The summed E-state index contributed by atoms with van der Waals surface area (Å²) in [6.07, 6.45) is 0. The fourth-order valence-corrected chi connectivity index (χ4v) is 3.29. The molecule has 0 N–H and O–H groups in total. The van der Waals surface area contributed by atoms with E-state index in [-0.39, 0.29) is 17.3 Å². The number of carbonyl (C=O) groups is 1. The fourth-order valence-electron chi connectivity index (χ4n) is 2.94. The minimum Gasteiger partial charge on any atom is -0.455 e. The summed E-state index contributed by atoms with van der Waals surface area (Å²) in [7, 11) is 0. The highest BCUT2D eigenvalue weighted by atomic mass is 35.5. The largest absolute Gasteiger partial charge is 0.455 e. The Kier molecular flexibility index (Phi) is 4.79. The van der Waals surface area contributed by atoms with Crippen LogP contribution in [0.3, 0.4) is 0 Å². The van der Waals surface area contributed by atoms with Crippen molar-refractivity contribution in [3.05, 3.63) is 82.4 Å². The molecule has 0 bridgehead atoms. The highest BCUT2D eigenvalue weighted by Gasteiger charge is 2.23. The number of nitrogens with zero attached hydrogens (tertiary/aromatic N) is 4. The summed E-state index contributed by atoms with van der Waals surface area (Å²) in [6.45, 7) is 3.58. The first kappa shape index (κ1) is 18.1. The van der Waals surface area contributed by atoms with Gasteiger partial charge < -0.3 is 4.74 Å². The van der Waals surface area contributed by atoms with Gasteiger partial charge in [0.25, 0.3) is 0 Å². The topological polar surface area (TPSA) is 69.9 Å². The molecule has 2 aromatic heterocycles. The van der Waals surface area contributed by atoms with Crippen molar-refractivity contribution in [1.82, 2.24) is 19.7 Å². The van der Waals surface area contributed by atoms with Crippen LogP contribution >= 0.6 is 11.6 Å². The van der Waals surface area contributed by atoms with Crippen molar-refractivity contribution in [3.8, 4) is 5.69 Å². The maximum absolute atomic E-state index is 12.7. The van der Waals surface area contributed by atoms with Gasteiger partial charge in [-0.05, 0) is 38.1 Å². The average Bonchev–Trinajstić information content (AvgIpc) is 3.01. The number of halogens is 1. The van der Waals surface area contributed by atoms with E-state index < -0.39 is 5.97 Å². The maximum Gasteiger partial charge on any atom is 0.343 e. The molecule has 0 spiro atoms. The van der Waals surface area contributed by atoms with Crippen LogP contribution in [-0.4, -0.2) is 25.7 Å². The first-order chi connectivity index (χ1) is 13.5. The summed E-state index contributed by atoms with van der Waals surface area (Å²) >= 11 is 6.42. The Hall–Kier alpha value is -3.25. The standard InChI is InChI=1S/C21H17ClN4O2/c1-13-18(24-17-11-7-6-10-16(17)23-13)12-28-21(27)19-14(2)25-26(20(19)22)15-8-4-3-5-9-15/h3-11H,12H2,1-2H3. The van der Waals surface area contributed by atoms with Crippen LogP contribution in [0, 0.1) is 13.8 Å². The second-order valence-electron chi connectivity index (χ2n) is 6.32. The van der Waals surface area contributed by atoms with Crippen LogP contribution in [0.1, 0.15) is 27.4 Å². The van der Waals surface area contributed by atoms with Gasteiger partial charge in [0.1, 0.15) is 17.3 Å². The Morgan fingerprint density at radius 2 is 1.61 bits per heavy atom. The van der Waals surface area contributed by atoms with E-state index in [4.69, 9.17) is 16.3 Å². The molecule has 0 unspecified atom stereocenters. The minimum atomic E-state index is -0.543. The molecule has 0 radical (unpaired) electrons. The van der Waals surface area contributed by atoms with Gasteiger partial charge in [-0.3, -0.25) is 0 Å². The molecule has 6 nitrogen and oxygen atoms in total. The smallest absolute Gasteiger partial charge is 0.343 e. The zero-order valence-electron chi connectivity index (χ0n) is 15.4. The van der Waals surface area contributed by atoms with Gasteiger partial charge in [0.2, 0.25) is 0 Å². The number of esters is 1. The Bertz CT molecular complexity index is 1170. The zero-order chi connectivity index (χ0) is 19.7. The van der Waals surface area contributed by atoms with Gasteiger partial charge in [-0.25, -0.2) is 19.4 Å². The molecule has 0 aliphatic heterocycles. The molecule has 4 rings (SSSR count). The first-order valence-electron chi connectivity index (χ1n) is 8.74. The molecular formula is C21H17ClN4O2. The van der Waals surface area contributed by atoms with E-state index in [2.05, 4.69) is 15.1 Å². The normalized spacial score (nSPS) is 11.0. The molecule has 0 saturated heterocycles. The molecule has 7 heteroatoms. The maximum atomic E-state index is 12.7. The van der Waals surface area contributed by atoms with Crippen molar-refractivity contribution < 1.29 is 9.53 Å². The predicted octanol–water partition coefficient (Wildman–Crippen LogP) is 4.44. The number of rotatable bonds is 4. The molecule has 4 aromatic rings. The summed E-state index contributed by atoms with van der Waals surface area (Å²) in [6, 6.07) is 16.9. The summed E-state index contributed by atoms with van der Waals surface area (Å²) in [4.78, 5) is 21.7. The van der Waals surface area contributed by atoms with Crippen LogP contribution in [0.15, 0.2) is 54.6 Å². The van der Waals surface area contributed by atoms with Crippen LogP contribution in [0.2, 0.25) is 5.15 Å².